The van der Waals surface area contributed by atoms with Crippen LogP contribution in [-0.2, 0) is 6.54 Å². The minimum Gasteiger partial charge on any atom is -0.387 e. The number of aliphatic hydroxyl groups excluding tert-OH is 1. The monoisotopic (exact) mass is 208 g/mol. The average Bonchev–Trinajstić information content (AvgIpc) is 2.98. The van der Waals surface area contributed by atoms with Gasteiger partial charge in [-0.2, -0.15) is 5.10 Å². The Kier molecular flexibility index (Phi) is 3.10. The highest BCUT2D eigenvalue weighted by atomic mass is 16.3. The van der Waals surface area contributed by atoms with Crippen molar-refractivity contribution in [1.82, 2.24) is 9.78 Å². The maximum absolute atomic E-state index is 10.2. The summed E-state index contributed by atoms with van der Waals surface area (Å²) in [5.74, 6) is 1.10. The normalized spacial score (nSPS) is 20.2. The zero-order valence-corrected chi connectivity index (χ0v) is 9.56. The van der Waals surface area contributed by atoms with Crippen LogP contribution in [0.25, 0.3) is 0 Å². The van der Waals surface area contributed by atoms with Crippen LogP contribution in [0.4, 0.5) is 0 Å². The van der Waals surface area contributed by atoms with Crippen molar-refractivity contribution in [2.75, 3.05) is 0 Å². The second-order valence-electron chi connectivity index (χ2n) is 4.62. The fourth-order valence-corrected chi connectivity index (χ4v) is 2.14. The molecule has 0 amide bonds. The number of nitrogens with zero attached hydrogens (tertiary/aromatic N) is 2. The summed E-state index contributed by atoms with van der Waals surface area (Å²) in [5.41, 5.74) is 0.983. The molecule has 1 aliphatic carbocycles. The second-order valence-corrected chi connectivity index (χ2v) is 4.62. The topological polar surface area (TPSA) is 38.0 Å². The van der Waals surface area contributed by atoms with Gasteiger partial charge < -0.3 is 5.11 Å². The number of hydrogen-bond donors (Lipinski definition) is 1. The van der Waals surface area contributed by atoms with E-state index in [0.29, 0.717) is 5.92 Å². The summed E-state index contributed by atoms with van der Waals surface area (Å²) in [6.07, 6.45) is 5.05. The summed E-state index contributed by atoms with van der Waals surface area (Å²) >= 11 is 0. The molecule has 1 aromatic rings. The Morgan fingerprint density at radius 3 is 2.93 bits per heavy atom. The fourth-order valence-electron chi connectivity index (χ4n) is 2.14. The Bertz CT molecular complexity index is 317. The molecule has 1 heterocycles. The van der Waals surface area contributed by atoms with Gasteiger partial charge in [-0.1, -0.05) is 13.8 Å². The van der Waals surface area contributed by atoms with Crippen molar-refractivity contribution in [2.45, 2.75) is 45.8 Å². The SMILES string of the molecule is CCCn1nccc1C(O)C(C)C1CC1. The minimum absolute atomic E-state index is 0.341. The van der Waals surface area contributed by atoms with Gasteiger partial charge in [-0.15, -0.1) is 0 Å². The largest absolute Gasteiger partial charge is 0.387 e. The predicted octanol–water partition coefficient (Wildman–Crippen LogP) is 2.37. The van der Waals surface area contributed by atoms with E-state index in [1.165, 1.54) is 12.8 Å². The first-order valence-electron chi connectivity index (χ1n) is 5.93. The van der Waals surface area contributed by atoms with Gasteiger partial charge in [0.25, 0.3) is 0 Å². The molecule has 1 aromatic heterocycles. The van der Waals surface area contributed by atoms with Crippen LogP contribution in [0.3, 0.4) is 0 Å². The van der Waals surface area contributed by atoms with E-state index in [4.69, 9.17) is 0 Å². The van der Waals surface area contributed by atoms with E-state index in [2.05, 4.69) is 18.9 Å². The molecule has 3 nitrogen and oxygen atoms in total. The Morgan fingerprint density at radius 2 is 2.33 bits per heavy atom. The summed E-state index contributed by atoms with van der Waals surface area (Å²) in [6.45, 7) is 5.17. The van der Waals surface area contributed by atoms with Crippen LogP contribution >= 0.6 is 0 Å². The van der Waals surface area contributed by atoms with Crippen molar-refractivity contribution in [1.29, 1.82) is 0 Å². The molecule has 1 N–H and O–H groups in total. The third-order valence-corrected chi connectivity index (χ3v) is 3.35. The van der Waals surface area contributed by atoms with E-state index in [-0.39, 0.29) is 6.10 Å². The molecule has 1 aliphatic rings. The molecule has 3 heteroatoms. The summed E-state index contributed by atoms with van der Waals surface area (Å²) in [6, 6.07) is 1.94. The summed E-state index contributed by atoms with van der Waals surface area (Å²) in [5, 5.41) is 14.5. The van der Waals surface area contributed by atoms with Crippen molar-refractivity contribution in [3.8, 4) is 0 Å². The third-order valence-electron chi connectivity index (χ3n) is 3.35. The zero-order valence-electron chi connectivity index (χ0n) is 9.56. The van der Waals surface area contributed by atoms with Crippen molar-refractivity contribution in [3.05, 3.63) is 18.0 Å². The number of aryl methyl sites for hydroxylation is 1. The summed E-state index contributed by atoms with van der Waals surface area (Å²) in [4.78, 5) is 0. The Labute approximate surface area is 91.1 Å². The van der Waals surface area contributed by atoms with E-state index in [9.17, 15) is 5.11 Å². The van der Waals surface area contributed by atoms with E-state index in [0.717, 1.165) is 24.6 Å². The Hall–Kier alpha value is -0.830. The molecule has 1 saturated carbocycles. The van der Waals surface area contributed by atoms with Crippen molar-refractivity contribution in [2.24, 2.45) is 11.8 Å². The number of aliphatic hydroxyl groups is 1. The highest BCUT2D eigenvalue weighted by Crippen LogP contribution is 2.42. The fraction of sp³-hybridized carbons (Fsp3) is 0.750. The molecule has 2 unspecified atom stereocenters. The summed E-state index contributed by atoms with van der Waals surface area (Å²) in [7, 11) is 0. The van der Waals surface area contributed by atoms with Gasteiger partial charge >= 0.3 is 0 Å². The smallest absolute Gasteiger partial charge is 0.0984 e. The van der Waals surface area contributed by atoms with Gasteiger partial charge in [-0.25, -0.2) is 0 Å². The average molecular weight is 208 g/mol. The first-order chi connectivity index (χ1) is 7.24. The number of rotatable bonds is 5. The number of aromatic nitrogens is 2. The van der Waals surface area contributed by atoms with E-state index in [1.54, 1.807) is 6.20 Å². The van der Waals surface area contributed by atoms with E-state index >= 15 is 0 Å². The molecule has 2 rings (SSSR count). The van der Waals surface area contributed by atoms with Gasteiger partial charge in [-0.3, -0.25) is 4.68 Å². The predicted molar refractivity (Wildman–Crippen MR) is 59.4 cm³/mol. The van der Waals surface area contributed by atoms with Crippen LogP contribution < -0.4 is 0 Å². The molecular weight excluding hydrogens is 188 g/mol. The first-order valence-corrected chi connectivity index (χ1v) is 5.93. The van der Waals surface area contributed by atoms with Gasteiger partial charge in [-0.05, 0) is 37.2 Å². The van der Waals surface area contributed by atoms with Crippen LogP contribution in [0, 0.1) is 11.8 Å². The lowest BCUT2D eigenvalue weighted by molar-refractivity contribution is 0.0964. The summed E-state index contributed by atoms with van der Waals surface area (Å²) < 4.78 is 1.93. The first kappa shape index (κ1) is 10.7. The lowest BCUT2D eigenvalue weighted by Crippen LogP contribution is -2.16. The molecule has 0 bridgehead atoms. The lowest BCUT2D eigenvalue weighted by Gasteiger charge is -2.19. The molecule has 0 aromatic carbocycles. The van der Waals surface area contributed by atoms with Gasteiger partial charge in [0, 0.05) is 12.7 Å². The maximum atomic E-state index is 10.2. The maximum Gasteiger partial charge on any atom is 0.0984 e. The molecule has 0 radical (unpaired) electrons. The lowest BCUT2D eigenvalue weighted by atomic mass is 9.97. The van der Waals surface area contributed by atoms with Gasteiger partial charge in [0.1, 0.15) is 0 Å². The zero-order chi connectivity index (χ0) is 10.8. The minimum atomic E-state index is -0.341. The highest BCUT2D eigenvalue weighted by Gasteiger charge is 2.34. The van der Waals surface area contributed by atoms with Gasteiger partial charge in [0.05, 0.1) is 11.8 Å². The van der Waals surface area contributed by atoms with Crippen molar-refractivity contribution in [3.63, 3.8) is 0 Å². The molecule has 84 valence electrons. The molecule has 0 saturated heterocycles. The molecule has 0 aliphatic heterocycles. The molecule has 0 spiro atoms. The Balaban J connectivity index is 2.09. The molecular formula is C12H20N2O. The third kappa shape index (κ3) is 2.23. The molecule has 1 fully saturated rings. The quantitative estimate of drug-likeness (QED) is 0.806. The van der Waals surface area contributed by atoms with Crippen LogP contribution in [-0.4, -0.2) is 14.9 Å². The highest BCUT2D eigenvalue weighted by molar-refractivity contribution is 5.07. The van der Waals surface area contributed by atoms with Crippen LogP contribution in [0.15, 0.2) is 12.3 Å². The van der Waals surface area contributed by atoms with Crippen molar-refractivity contribution < 1.29 is 5.11 Å². The van der Waals surface area contributed by atoms with E-state index in [1.807, 2.05) is 10.7 Å². The molecule has 15 heavy (non-hydrogen) atoms. The standard InChI is InChI=1S/C12H20N2O/c1-3-8-14-11(6-7-13-14)12(15)9(2)10-4-5-10/h6-7,9-10,12,15H,3-5,8H2,1-2H3. The number of hydrogen-bond acceptors (Lipinski definition) is 2. The van der Waals surface area contributed by atoms with Crippen LogP contribution in [0.5, 0.6) is 0 Å². The Morgan fingerprint density at radius 1 is 1.60 bits per heavy atom. The van der Waals surface area contributed by atoms with Crippen molar-refractivity contribution >= 4 is 0 Å². The van der Waals surface area contributed by atoms with E-state index < -0.39 is 0 Å². The van der Waals surface area contributed by atoms with Gasteiger partial charge in [0.2, 0.25) is 0 Å². The molecule has 2 atom stereocenters. The van der Waals surface area contributed by atoms with Crippen LogP contribution in [0.1, 0.15) is 44.9 Å². The van der Waals surface area contributed by atoms with Gasteiger partial charge in [0.15, 0.2) is 0 Å². The van der Waals surface area contributed by atoms with Crippen LogP contribution in [0.2, 0.25) is 0 Å². The second kappa shape index (κ2) is 4.35.